The van der Waals surface area contributed by atoms with Gasteiger partial charge in [0.1, 0.15) is 0 Å². The minimum Gasteiger partial charge on any atom is -0.479 e. The molecule has 0 aliphatic heterocycles. The molecule has 1 atom stereocenters. The number of carboxylic acids is 1. The van der Waals surface area contributed by atoms with Crippen LogP contribution in [-0.4, -0.2) is 16.7 Å². The quantitative estimate of drug-likeness (QED) is 0.530. The first kappa shape index (κ1) is 11.4. The van der Waals surface area contributed by atoms with Crippen molar-refractivity contribution in [3.05, 3.63) is 0 Å². The van der Waals surface area contributed by atoms with E-state index in [2.05, 4.69) is 0 Å². The van der Waals surface area contributed by atoms with Crippen LogP contribution >= 0.6 is 0 Å². The van der Waals surface area contributed by atoms with E-state index in [1.165, 1.54) is 0 Å². The normalized spacial score (nSPS) is 14.3. The summed E-state index contributed by atoms with van der Waals surface area (Å²) in [5, 5.41) is 8.66. The van der Waals surface area contributed by atoms with Crippen molar-refractivity contribution in [1.29, 1.82) is 0 Å². The maximum atomic E-state index is 10.6. The number of aliphatic carboxylic acids is 1. The second kappa shape index (κ2) is 4.42. The molecule has 0 spiro atoms. The topological polar surface area (TPSA) is 89.3 Å². The standard InChI is InChI=1S/C8H18N2O2/c1-3-4-5-6(2)8(9,10)7(11)12/h6H,3-5,9-10H2,1-2H3,(H,11,12). The highest BCUT2D eigenvalue weighted by Crippen LogP contribution is 2.16. The first-order valence-electron chi connectivity index (χ1n) is 4.24. The van der Waals surface area contributed by atoms with E-state index in [1.54, 1.807) is 6.92 Å². The predicted octanol–water partition coefficient (Wildman–Crippen LogP) is 0.511. The van der Waals surface area contributed by atoms with Crippen molar-refractivity contribution in [3.63, 3.8) is 0 Å². The van der Waals surface area contributed by atoms with Crippen molar-refractivity contribution in [3.8, 4) is 0 Å². The summed E-state index contributed by atoms with van der Waals surface area (Å²) < 4.78 is 0. The Balaban J connectivity index is 4.06. The van der Waals surface area contributed by atoms with Crippen LogP contribution in [0.25, 0.3) is 0 Å². The molecular formula is C8H18N2O2. The van der Waals surface area contributed by atoms with E-state index in [1.807, 2.05) is 6.92 Å². The molecule has 12 heavy (non-hydrogen) atoms. The van der Waals surface area contributed by atoms with Crippen LogP contribution in [0.15, 0.2) is 0 Å². The molecule has 0 aromatic carbocycles. The number of carboxylic acid groups (broad SMARTS) is 1. The lowest BCUT2D eigenvalue weighted by molar-refractivity contribution is -0.145. The number of nitrogens with two attached hydrogens (primary N) is 2. The fourth-order valence-electron chi connectivity index (χ4n) is 0.960. The maximum Gasteiger partial charge on any atom is 0.338 e. The highest BCUT2D eigenvalue weighted by atomic mass is 16.4. The predicted molar refractivity (Wildman–Crippen MR) is 47.4 cm³/mol. The second-order valence-corrected chi connectivity index (χ2v) is 3.28. The van der Waals surface area contributed by atoms with Gasteiger partial charge in [-0.2, -0.15) is 0 Å². The summed E-state index contributed by atoms with van der Waals surface area (Å²) >= 11 is 0. The molecule has 0 saturated carbocycles. The molecule has 0 rings (SSSR count). The molecule has 0 aliphatic carbocycles. The molecule has 0 aromatic rings. The van der Waals surface area contributed by atoms with Crippen molar-refractivity contribution in [2.24, 2.45) is 17.4 Å². The number of hydrogen-bond acceptors (Lipinski definition) is 3. The van der Waals surface area contributed by atoms with Crippen LogP contribution < -0.4 is 11.5 Å². The van der Waals surface area contributed by atoms with Gasteiger partial charge in [0.25, 0.3) is 0 Å². The molecule has 0 aromatic heterocycles. The molecule has 0 heterocycles. The van der Waals surface area contributed by atoms with Crippen LogP contribution in [-0.2, 0) is 4.79 Å². The monoisotopic (exact) mass is 174 g/mol. The van der Waals surface area contributed by atoms with Crippen molar-refractivity contribution in [1.82, 2.24) is 0 Å². The lowest BCUT2D eigenvalue weighted by atomic mass is 9.91. The van der Waals surface area contributed by atoms with Crippen molar-refractivity contribution in [2.45, 2.75) is 38.8 Å². The number of unbranched alkanes of at least 4 members (excludes halogenated alkanes) is 1. The second-order valence-electron chi connectivity index (χ2n) is 3.28. The zero-order valence-corrected chi connectivity index (χ0v) is 7.71. The first-order valence-corrected chi connectivity index (χ1v) is 4.24. The van der Waals surface area contributed by atoms with E-state index in [-0.39, 0.29) is 5.92 Å². The highest BCUT2D eigenvalue weighted by Gasteiger charge is 2.34. The zero-order chi connectivity index (χ0) is 9.78. The molecule has 5 N–H and O–H groups in total. The SMILES string of the molecule is CCCCC(C)C(N)(N)C(=O)O. The Bertz CT molecular complexity index is 157. The summed E-state index contributed by atoms with van der Waals surface area (Å²) in [5.74, 6) is -1.32. The third-order valence-electron chi connectivity index (χ3n) is 2.18. The van der Waals surface area contributed by atoms with Gasteiger partial charge >= 0.3 is 5.97 Å². The zero-order valence-electron chi connectivity index (χ0n) is 7.71. The van der Waals surface area contributed by atoms with Crippen molar-refractivity contribution >= 4 is 5.97 Å². The third-order valence-corrected chi connectivity index (χ3v) is 2.18. The Morgan fingerprint density at radius 3 is 2.42 bits per heavy atom. The van der Waals surface area contributed by atoms with Crippen molar-refractivity contribution in [2.75, 3.05) is 0 Å². The number of rotatable bonds is 5. The highest BCUT2D eigenvalue weighted by molar-refractivity contribution is 5.77. The minimum atomic E-state index is -1.57. The van der Waals surface area contributed by atoms with Gasteiger partial charge in [-0.15, -0.1) is 0 Å². The summed E-state index contributed by atoms with van der Waals surface area (Å²) in [5.41, 5.74) is 9.27. The molecule has 4 heteroatoms. The summed E-state index contributed by atoms with van der Waals surface area (Å²) in [6.45, 7) is 3.81. The van der Waals surface area contributed by atoms with E-state index in [9.17, 15) is 4.79 Å². The summed E-state index contributed by atoms with van der Waals surface area (Å²) in [6.07, 6.45) is 2.75. The van der Waals surface area contributed by atoms with Gasteiger partial charge in [0.15, 0.2) is 5.66 Å². The molecule has 0 radical (unpaired) electrons. The first-order chi connectivity index (χ1) is 5.42. The van der Waals surface area contributed by atoms with Crippen molar-refractivity contribution < 1.29 is 9.90 Å². The molecular weight excluding hydrogens is 156 g/mol. The average molecular weight is 174 g/mol. The van der Waals surface area contributed by atoms with Gasteiger partial charge in [0.05, 0.1) is 0 Å². The van der Waals surface area contributed by atoms with Gasteiger partial charge in [-0.05, 0) is 12.3 Å². The fourth-order valence-corrected chi connectivity index (χ4v) is 0.960. The van der Waals surface area contributed by atoms with Gasteiger partial charge < -0.3 is 16.6 Å². The molecule has 0 fully saturated rings. The Morgan fingerprint density at radius 1 is 1.58 bits per heavy atom. The van der Waals surface area contributed by atoms with E-state index >= 15 is 0 Å². The minimum absolute atomic E-state index is 0.185. The number of carbonyl (C=O) groups is 1. The molecule has 72 valence electrons. The van der Waals surface area contributed by atoms with Gasteiger partial charge in [0.2, 0.25) is 0 Å². The van der Waals surface area contributed by atoms with E-state index < -0.39 is 11.6 Å². The molecule has 0 aliphatic rings. The van der Waals surface area contributed by atoms with Gasteiger partial charge in [-0.1, -0.05) is 26.7 Å². The number of hydrogen-bond donors (Lipinski definition) is 3. The Morgan fingerprint density at radius 2 is 2.08 bits per heavy atom. The fraction of sp³-hybridized carbons (Fsp3) is 0.875. The molecule has 4 nitrogen and oxygen atoms in total. The van der Waals surface area contributed by atoms with Crippen LogP contribution in [0, 0.1) is 5.92 Å². The molecule has 0 amide bonds. The van der Waals surface area contributed by atoms with Gasteiger partial charge in [-0.25, -0.2) is 4.79 Å². The van der Waals surface area contributed by atoms with Crippen LogP contribution in [0.5, 0.6) is 0 Å². The van der Waals surface area contributed by atoms with Crippen LogP contribution in [0.4, 0.5) is 0 Å². The third kappa shape index (κ3) is 2.79. The Kier molecular flexibility index (Phi) is 4.20. The smallest absolute Gasteiger partial charge is 0.338 e. The van der Waals surface area contributed by atoms with Crippen LogP contribution in [0.3, 0.4) is 0 Å². The Labute approximate surface area is 72.9 Å². The van der Waals surface area contributed by atoms with Crippen LogP contribution in [0.2, 0.25) is 0 Å². The average Bonchev–Trinajstić information content (AvgIpc) is 1.99. The maximum absolute atomic E-state index is 10.6. The summed E-state index contributed by atoms with van der Waals surface area (Å²) in [7, 11) is 0. The van der Waals surface area contributed by atoms with E-state index in [0.717, 1.165) is 19.3 Å². The summed E-state index contributed by atoms with van der Waals surface area (Å²) in [6, 6.07) is 0. The molecule has 0 bridgehead atoms. The van der Waals surface area contributed by atoms with Gasteiger partial charge in [0, 0.05) is 0 Å². The van der Waals surface area contributed by atoms with Crippen LogP contribution in [0.1, 0.15) is 33.1 Å². The van der Waals surface area contributed by atoms with Gasteiger partial charge in [-0.3, -0.25) is 0 Å². The lowest BCUT2D eigenvalue weighted by Gasteiger charge is -2.26. The van der Waals surface area contributed by atoms with E-state index in [4.69, 9.17) is 16.6 Å². The van der Waals surface area contributed by atoms with E-state index in [0.29, 0.717) is 0 Å². The lowest BCUT2D eigenvalue weighted by Crippen LogP contribution is -2.61. The summed E-state index contributed by atoms with van der Waals surface area (Å²) in [4.78, 5) is 10.6. The molecule has 0 saturated heterocycles. The molecule has 1 unspecified atom stereocenters. The largest absolute Gasteiger partial charge is 0.479 e. The Hall–Kier alpha value is -0.610.